The van der Waals surface area contributed by atoms with Gasteiger partial charge in [0.25, 0.3) is 5.96 Å². The molecule has 0 radical (unpaired) electrons. The second kappa shape index (κ2) is 5.72. The molecule has 2 aliphatic rings. The number of rotatable bonds is 3. The SMILES string of the molecule is CN1COCN(CC2CN=C(Cl)S2)/C1=N/[N+](=O)[O-]. The van der Waals surface area contributed by atoms with Crippen molar-refractivity contribution < 1.29 is 9.77 Å². The third-order valence-electron chi connectivity index (χ3n) is 2.43. The molecule has 0 N–H and O–H groups in total. The molecule has 0 aromatic rings. The third-order valence-corrected chi connectivity index (χ3v) is 3.78. The van der Waals surface area contributed by atoms with Crippen LogP contribution in [-0.4, -0.2) is 64.1 Å². The fourth-order valence-corrected chi connectivity index (χ4v) is 2.99. The van der Waals surface area contributed by atoms with E-state index in [0.29, 0.717) is 23.6 Å². The highest BCUT2D eigenvalue weighted by atomic mass is 35.5. The molecule has 18 heavy (non-hydrogen) atoms. The molecule has 0 aromatic heterocycles. The van der Waals surface area contributed by atoms with Crippen molar-refractivity contribution >= 4 is 33.8 Å². The molecule has 1 fully saturated rings. The molecule has 0 aromatic carbocycles. The summed E-state index contributed by atoms with van der Waals surface area (Å²) in [4.78, 5) is 17.9. The van der Waals surface area contributed by atoms with Crippen LogP contribution in [0.3, 0.4) is 0 Å². The Labute approximate surface area is 113 Å². The fourth-order valence-electron chi connectivity index (χ4n) is 1.72. The van der Waals surface area contributed by atoms with Gasteiger partial charge in [-0.05, 0) is 0 Å². The Hall–Kier alpha value is -1.06. The highest BCUT2D eigenvalue weighted by Gasteiger charge is 2.29. The lowest BCUT2D eigenvalue weighted by Crippen LogP contribution is -2.52. The molecule has 2 aliphatic heterocycles. The monoisotopic (exact) mass is 293 g/mol. The van der Waals surface area contributed by atoms with Gasteiger partial charge in [0.2, 0.25) is 0 Å². The minimum absolute atomic E-state index is 0.171. The van der Waals surface area contributed by atoms with Crippen molar-refractivity contribution in [3.8, 4) is 0 Å². The molecule has 2 heterocycles. The molecule has 1 atom stereocenters. The summed E-state index contributed by atoms with van der Waals surface area (Å²) in [5.41, 5.74) is 0. The number of hydrazone groups is 1. The van der Waals surface area contributed by atoms with Gasteiger partial charge in [-0.3, -0.25) is 4.99 Å². The van der Waals surface area contributed by atoms with E-state index in [1.807, 2.05) is 0 Å². The van der Waals surface area contributed by atoms with Crippen molar-refractivity contribution in [2.45, 2.75) is 5.25 Å². The minimum atomic E-state index is -0.699. The molecule has 1 saturated heterocycles. The number of hydrogen-bond acceptors (Lipinski definition) is 5. The molecule has 2 rings (SSSR count). The summed E-state index contributed by atoms with van der Waals surface area (Å²) >= 11 is 7.24. The largest absolute Gasteiger partial charge is 0.341 e. The van der Waals surface area contributed by atoms with Crippen molar-refractivity contribution in [2.75, 3.05) is 33.6 Å². The van der Waals surface area contributed by atoms with Crippen LogP contribution in [0.4, 0.5) is 0 Å². The Bertz CT molecular complexity index is 404. The Kier molecular flexibility index (Phi) is 4.25. The van der Waals surface area contributed by atoms with E-state index >= 15 is 0 Å². The van der Waals surface area contributed by atoms with Gasteiger partial charge in [-0.25, -0.2) is 10.1 Å². The van der Waals surface area contributed by atoms with Gasteiger partial charge in [0, 0.05) is 18.8 Å². The van der Waals surface area contributed by atoms with Crippen molar-refractivity contribution in [1.82, 2.24) is 9.80 Å². The lowest BCUT2D eigenvalue weighted by atomic mass is 10.4. The van der Waals surface area contributed by atoms with Gasteiger partial charge in [-0.2, -0.15) is 0 Å². The number of aliphatic imine (C=N–C) groups is 1. The van der Waals surface area contributed by atoms with Crippen LogP contribution in [0.15, 0.2) is 10.1 Å². The normalized spacial score (nSPS) is 26.7. The lowest BCUT2D eigenvalue weighted by molar-refractivity contribution is -0.486. The van der Waals surface area contributed by atoms with Crippen LogP contribution in [0.5, 0.6) is 0 Å². The van der Waals surface area contributed by atoms with E-state index in [-0.39, 0.29) is 18.7 Å². The maximum absolute atomic E-state index is 10.5. The number of nitrogens with zero attached hydrogens (tertiary/aromatic N) is 5. The van der Waals surface area contributed by atoms with Crippen LogP contribution in [0.2, 0.25) is 0 Å². The van der Waals surface area contributed by atoms with Crippen molar-refractivity contribution in [1.29, 1.82) is 0 Å². The summed E-state index contributed by atoms with van der Waals surface area (Å²) in [6, 6.07) is 0. The van der Waals surface area contributed by atoms with Gasteiger partial charge < -0.3 is 14.5 Å². The van der Waals surface area contributed by atoms with Gasteiger partial charge in [-0.15, -0.1) is 0 Å². The Balaban J connectivity index is 2.02. The second-order valence-electron chi connectivity index (χ2n) is 3.85. The molecule has 1 unspecified atom stereocenters. The Morgan fingerprint density at radius 2 is 2.50 bits per heavy atom. The highest BCUT2D eigenvalue weighted by molar-refractivity contribution is 8.17. The molecule has 0 amide bonds. The topological polar surface area (TPSA) is 83.6 Å². The first-order valence-corrected chi connectivity index (χ1v) is 6.45. The fraction of sp³-hybridized carbons (Fsp3) is 0.750. The van der Waals surface area contributed by atoms with E-state index < -0.39 is 5.03 Å². The van der Waals surface area contributed by atoms with Crippen molar-refractivity contribution in [2.24, 2.45) is 10.1 Å². The van der Waals surface area contributed by atoms with Gasteiger partial charge in [0.1, 0.15) is 18.6 Å². The van der Waals surface area contributed by atoms with E-state index in [4.69, 9.17) is 16.3 Å². The number of ether oxygens (including phenoxy) is 1. The zero-order chi connectivity index (χ0) is 13.1. The number of nitro groups is 1. The first-order valence-electron chi connectivity index (χ1n) is 5.19. The maximum Gasteiger partial charge on any atom is 0.277 e. The van der Waals surface area contributed by atoms with Crippen LogP contribution >= 0.6 is 23.4 Å². The predicted octanol–water partition coefficient (Wildman–Crippen LogP) is 0.423. The zero-order valence-electron chi connectivity index (χ0n) is 9.65. The molecule has 0 bridgehead atoms. The first kappa shape index (κ1) is 13.4. The lowest BCUT2D eigenvalue weighted by Gasteiger charge is -2.35. The number of hydrogen-bond donors (Lipinski definition) is 0. The quantitative estimate of drug-likeness (QED) is 0.554. The van der Waals surface area contributed by atoms with Crippen LogP contribution in [0, 0.1) is 10.1 Å². The maximum atomic E-state index is 10.5. The zero-order valence-corrected chi connectivity index (χ0v) is 11.2. The predicted molar refractivity (Wildman–Crippen MR) is 69.3 cm³/mol. The molecule has 100 valence electrons. The van der Waals surface area contributed by atoms with E-state index in [1.165, 1.54) is 11.8 Å². The standard InChI is InChI=1S/C8H12ClN5O3S/c1-12-4-17-5-13(8(12)11-14(15)16)3-6-2-10-7(9)18-6/h6H,2-5H2,1H3/b11-8+. The van der Waals surface area contributed by atoms with Crippen molar-refractivity contribution in [3.63, 3.8) is 0 Å². The summed E-state index contributed by atoms with van der Waals surface area (Å²) < 4.78 is 5.84. The average Bonchev–Trinajstić information content (AvgIpc) is 2.69. The number of halogens is 1. The summed E-state index contributed by atoms with van der Waals surface area (Å²) in [6.07, 6.45) is 0. The Morgan fingerprint density at radius 1 is 1.72 bits per heavy atom. The molecule has 10 heteroatoms. The molecule has 8 nitrogen and oxygen atoms in total. The smallest absolute Gasteiger partial charge is 0.277 e. The van der Waals surface area contributed by atoms with E-state index in [0.717, 1.165) is 0 Å². The third kappa shape index (κ3) is 3.24. The summed E-state index contributed by atoms with van der Waals surface area (Å²) in [5, 5.41) is 13.4. The number of thioether (sulfide) groups is 1. The average molecular weight is 294 g/mol. The molecule has 0 spiro atoms. The molecule has 0 saturated carbocycles. The van der Waals surface area contributed by atoms with Crippen LogP contribution in [0.1, 0.15) is 0 Å². The van der Waals surface area contributed by atoms with Crippen LogP contribution in [-0.2, 0) is 4.74 Å². The van der Waals surface area contributed by atoms with Gasteiger partial charge in [0.05, 0.1) is 6.54 Å². The van der Waals surface area contributed by atoms with Gasteiger partial charge >= 0.3 is 0 Å². The van der Waals surface area contributed by atoms with E-state index in [1.54, 1.807) is 16.8 Å². The summed E-state index contributed by atoms with van der Waals surface area (Å²) in [6.45, 7) is 1.74. The van der Waals surface area contributed by atoms with Crippen LogP contribution < -0.4 is 0 Å². The first-order chi connectivity index (χ1) is 8.56. The summed E-state index contributed by atoms with van der Waals surface area (Å²) in [5.74, 6) is 0.301. The van der Waals surface area contributed by atoms with E-state index in [9.17, 15) is 10.1 Å². The minimum Gasteiger partial charge on any atom is -0.341 e. The van der Waals surface area contributed by atoms with Crippen LogP contribution in [0.25, 0.3) is 0 Å². The molecule has 0 aliphatic carbocycles. The molecular formula is C8H12ClN5O3S. The highest BCUT2D eigenvalue weighted by Crippen LogP contribution is 2.24. The Morgan fingerprint density at radius 3 is 3.11 bits per heavy atom. The van der Waals surface area contributed by atoms with Gasteiger partial charge in [-0.1, -0.05) is 23.4 Å². The van der Waals surface area contributed by atoms with Gasteiger partial charge in [0.15, 0.2) is 9.54 Å². The summed E-state index contributed by atoms with van der Waals surface area (Å²) in [7, 11) is 1.69. The van der Waals surface area contributed by atoms with Crippen molar-refractivity contribution in [3.05, 3.63) is 10.1 Å². The second-order valence-corrected chi connectivity index (χ2v) is 5.73. The number of guanidine groups is 1. The molecular weight excluding hydrogens is 282 g/mol. The van der Waals surface area contributed by atoms with E-state index in [2.05, 4.69) is 10.1 Å².